The van der Waals surface area contributed by atoms with E-state index in [1.807, 2.05) is 25.2 Å². The molecule has 1 heterocycles. The SMILES string of the molecule is CC1=C(Br)C=C2C(Br)=CC=CC=C2N1. The Morgan fingerprint density at radius 3 is 2.64 bits per heavy atom. The number of hydrogen-bond acceptors (Lipinski definition) is 1. The zero-order chi connectivity index (χ0) is 10.1. The summed E-state index contributed by atoms with van der Waals surface area (Å²) in [7, 11) is 0. The van der Waals surface area contributed by atoms with Gasteiger partial charge in [-0.1, -0.05) is 28.1 Å². The van der Waals surface area contributed by atoms with E-state index >= 15 is 0 Å². The van der Waals surface area contributed by atoms with Crippen molar-refractivity contribution in [1.29, 1.82) is 0 Å². The van der Waals surface area contributed by atoms with Crippen molar-refractivity contribution >= 4 is 31.9 Å². The van der Waals surface area contributed by atoms with Crippen LogP contribution < -0.4 is 5.32 Å². The Bertz CT molecular complexity index is 423. The first-order valence-corrected chi connectivity index (χ1v) is 5.87. The van der Waals surface area contributed by atoms with E-state index in [-0.39, 0.29) is 0 Å². The summed E-state index contributed by atoms with van der Waals surface area (Å²) >= 11 is 7.06. The van der Waals surface area contributed by atoms with Crippen LogP contribution in [0, 0.1) is 0 Å². The van der Waals surface area contributed by atoms with Crippen LogP contribution in [0.25, 0.3) is 0 Å². The predicted octanol–water partition coefficient (Wildman–Crippen LogP) is 3.87. The number of nitrogens with one attached hydrogen (secondary N) is 1. The van der Waals surface area contributed by atoms with Gasteiger partial charge < -0.3 is 5.32 Å². The lowest BCUT2D eigenvalue weighted by molar-refractivity contribution is 0.967. The van der Waals surface area contributed by atoms with Crippen LogP contribution in [0.15, 0.2) is 56.3 Å². The highest BCUT2D eigenvalue weighted by Crippen LogP contribution is 2.32. The fourth-order valence-electron chi connectivity index (χ4n) is 1.35. The Kier molecular flexibility index (Phi) is 2.79. The van der Waals surface area contributed by atoms with Crippen LogP contribution in [0.4, 0.5) is 0 Å². The van der Waals surface area contributed by atoms with E-state index in [2.05, 4.69) is 49.3 Å². The van der Waals surface area contributed by atoms with Crippen molar-refractivity contribution in [3.63, 3.8) is 0 Å². The highest BCUT2D eigenvalue weighted by atomic mass is 79.9. The molecule has 1 N–H and O–H groups in total. The van der Waals surface area contributed by atoms with E-state index in [1.165, 1.54) is 5.57 Å². The highest BCUT2D eigenvalue weighted by molar-refractivity contribution is 9.12. The molecule has 0 bridgehead atoms. The van der Waals surface area contributed by atoms with Crippen molar-refractivity contribution in [1.82, 2.24) is 5.32 Å². The summed E-state index contributed by atoms with van der Waals surface area (Å²) in [5.74, 6) is 0. The molecule has 3 heteroatoms. The van der Waals surface area contributed by atoms with Gasteiger partial charge >= 0.3 is 0 Å². The Morgan fingerprint density at radius 1 is 1.14 bits per heavy atom. The van der Waals surface area contributed by atoms with E-state index in [1.54, 1.807) is 0 Å². The van der Waals surface area contributed by atoms with Crippen molar-refractivity contribution in [2.24, 2.45) is 0 Å². The molecule has 0 aromatic carbocycles. The number of rotatable bonds is 0. The molecule has 0 aromatic heterocycles. The van der Waals surface area contributed by atoms with Gasteiger partial charge in [0.2, 0.25) is 0 Å². The van der Waals surface area contributed by atoms with E-state index in [4.69, 9.17) is 0 Å². The van der Waals surface area contributed by atoms with Crippen molar-refractivity contribution < 1.29 is 0 Å². The van der Waals surface area contributed by atoms with Gasteiger partial charge in [-0.15, -0.1) is 0 Å². The van der Waals surface area contributed by atoms with Gasteiger partial charge in [0.05, 0.1) is 0 Å². The summed E-state index contributed by atoms with van der Waals surface area (Å²) < 4.78 is 2.19. The molecule has 1 aliphatic heterocycles. The third-order valence-corrected chi connectivity index (χ3v) is 3.63. The molecule has 1 aliphatic carbocycles. The smallest absolute Gasteiger partial charge is 0.0467 e. The van der Waals surface area contributed by atoms with Crippen LogP contribution >= 0.6 is 31.9 Å². The number of hydrogen-bond donors (Lipinski definition) is 1. The summed E-state index contributed by atoms with van der Waals surface area (Å²) in [4.78, 5) is 0. The molecular weight excluding hydrogens is 306 g/mol. The maximum Gasteiger partial charge on any atom is 0.0467 e. The molecule has 0 saturated carbocycles. The molecule has 0 saturated heterocycles. The first-order chi connectivity index (χ1) is 6.68. The molecular formula is C11H9Br2N. The molecule has 0 spiro atoms. The molecule has 1 nitrogen and oxygen atoms in total. The van der Waals surface area contributed by atoms with Gasteiger partial charge in [0.15, 0.2) is 0 Å². The summed E-state index contributed by atoms with van der Waals surface area (Å²) in [6, 6.07) is 0. The molecule has 0 atom stereocenters. The van der Waals surface area contributed by atoms with E-state index < -0.39 is 0 Å². The van der Waals surface area contributed by atoms with Crippen molar-refractivity contribution in [2.75, 3.05) is 0 Å². The van der Waals surface area contributed by atoms with Crippen molar-refractivity contribution in [3.8, 4) is 0 Å². The predicted molar refractivity (Wildman–Crippen MR) is 67.1 cm³/mol. The molecule has 0 amide bonds. The maximum absolute atomic E-state index is 3.54. The molecule has 0 radical (unpaired) electrons. The molecule has 14 heavy (non-hydrogen) atoms. The molecule has 2 aliphatic rings. The van der Waals surface area contributed by atoms with Gasteiger partial charge in [-0.25, -0.2) is 0 Å². The minimum absolute atomic E-state index is 1.09. The van der Waals surface area contributed by atoms with Crippen molar-refractivity contribution in [2.45, 2.75) is 6.92 Å². The van der Waals surface area contributed by atoms with E-state index in [0.29, 0.717) is 0 Å². The van der Waals surface area contributed by atoms with Gasteiger partial charge in [-0.3, -0.25) is 0 Å². The van der Waals surface area contributed by atoms with Crippen molar-refractivity contribution in [3.05, 3.63) is 56.3 Å². The normalized spacial score (nSPS) is 20.4. The van der Waals surface area contributed by atoms with E-state index in [9.17, 15) is 0 Å². The minimum atomic E-state index is 1.09. The third-order valence-electron chi connectivity index (χ3n) is 2.12. The zero-order valence-corrected chi connectivity index (χ0v) is 10.8. The van der Waals surface area contributed by atoms with Crippen LogP contribution in [0.2, 0.25) is 0 Å². The Hall–Kier alpha value is -0.540. The number of fused-ring (bicyclic) bond motifs is 1. The fourth-order valence-corrected chi connectivity index (χ4v) is 2.16. The maximum atomic E-state index is 3.54. The average Bonchev–Trinajstić information content (AvgIpc) is 2.31. The number of allylic oxidation sites excluding steroid dienone is 8. The second-order valence-electron chi connectivity index (χ2n) is 3.14. The van der Waals surface area contributed by atoms with Gasteiger partial charge in [-0.05, 0) is 41.1 Å². The third kappa shape index (κ3) is 1.79. The van der Waals surface area contributed by atoms with Gasteiger partial charge in [0.25, 0.3) is 0 Å². The lowest BCUT2D eigenvalue weighted by atomic mass is 10.1. The number of dihydropyridines is 1. The largest absolute Gasteiger partial charge is 0.358 e. The monoisotopic (exact) mass is 313 g/mol. The van der Waals surface area contributed by atoms with E-state index in [0.717, 1.165) is 20.4 Å². The number of halogens is 2. The molecule has 0 aromatic rings. The average molecular weight is 315 g/mol. The van der Waals surface area contributed by atoms with Crippen LogP contribution in [-0.2, 0) is 0 Å². The minimum Gasteiger partial charge on any atom is -0.358 e. The summed E-state index contributed by atoms with van der Waals surface area (Å²) in [6.07, 6.45) is 10.3. The summed E-state index contributed by atoms with van der Waals surface area (Å²) in [6.45, 7) is 2.05. The first kappa shape index (κ1) is 9.99. The topological polar surface area (TPSA) is 12.0 Å². The quantitative estimate of drug-likeness (QED) is 0.715. The van der Waals surface area contributed by atoms with Crippen LogP contribution in [0.5, 0.6) is 0 Å². The lowest BCUT2D eigenvalue weighted by Gasteiger charge is -2.19. The molecule has 0 unspecified atom stereocenters. The Labute approximate surface area is 100 Å². The second-order valence-corrected chi connectivity index (χ2v) is 4.84. The summed E-state index contributed by atoms with van der Waals surface area (Å²) in [5, 5.41) is 3.34. The van der Waals surface area contributed by atoms with Gasteiger partial charge in [0.1, 0.15) is 0 Å². The molecule has 2 rings (SSSR count). The van der Waals surface area contributed by atoms with Crippen LogP contribution in [0.3, 0.4) is 0 Å². The van der Waals surface area contributed by atoms with Crippen LogP contribution in [0.1, 0.15) is 6.92 Å². The zero-order valence-electron chi connectivity index (χ0n) is 7.64. The molecule has 0 fully saturated rings. The fraction of sp³-hybridized carbons (Fsp3) is 0.0909. The second kappa shape index (κ2) is 3.91. The first-order valence-electron chi connectivity index (χ1n) is 4.28. The van der Waals surface area contributed by atoms with Gasteiger partial charge in [0, 0.05) is 25.9 Å². The molecule has 72 valence electrons. The Morgan fingerprint density at radius 2 is 1.86 bits per heavy atom. The Balaban J connectivity index is 2.53. The van der Waals surface area contributed by atoms with Gasteiger partial charge in [-0.2, -0.15) is 0 Å². The highest BCUT2D eigenvalue weighted by Gasteiger charge is 2.15. The lowest BCUT2D eigenvalue weighted by Crippen LogP contribution is -2.17. The summed E-state index contributed by atoms with van der Waals surface area (Å²) in [5.41, 5.74) is 3.44. The standard InChI is InChI=1S/C11H9Br2N/c1-7-10(13)6-8-9(12)4-2-3-5-11(8)14-7/h2-6,14H,1H3. The van der Waals surface area contributed by atoms with Crippen LogP contribution in [-0.4, -0.2) is 0 Å².